The average Bonchev–Trinajstić information content (AvgIpc) is 2.32. The molecule has 2 aromatic carbocycles. The molecule has 0 saturated carbocycles. The average molecular weight is 298 g/mol. The largest absolute Gasteiger partial charge is 0.333 e. The quantitative estimate of drug-likeness (QED) is 0.681. The predicted octanol–water partition coefficient (Wildman–Crippen LogP) is 3.42. The van der Waals surface area contributed by atoms with Gasteiger partial charge in [0.25, 0.3) is 0 Å². The standard InChI is InChI=1S/C15H13O.Y/c1-10-6-7-13-8-11-4-2-3-5-12(11)9-14(13)15(10)16;/h2-5,8-10H,1,6-7H2;/q-1;. The van der Waals surface area contributed by atoms with E-state index in [-0.39, 0.29) is 44.4 Å². The molecule has 0 fully saturated rings. The number of rotatable bonds is 0. The second-order valence-electron chi connectivity index (χ2n) is 4.46. The molecule has 1 radical (unpaired) electrons. The van der Waals surface area contributed by atoms with Crippen molar-refractivity contribution in [2.75, 3.05) is 0 Å². The third kappa shape index (κ3) is 2.23. The molecule has 2 heteroatoms. The van der Waals surface area contributed by atoms with Crippen LogP contribution in [0.5, 0.6) is 0 Å². The molecule has 0 amide bonds. The van der Waals surface area contributed by atoms with Crippen LogP contribution in [0.4, 0.5) is 0 Å². The van der Waals surface area contributed by atoms with Crippen molar-refractivity contribution >= 4 is 16.6 Å². The van der Waals surface area contributed by atoms with Crippen molar-refractivity contribution < 1.29 is 37.5 Å². The molecule has 1 unspecified atom stereocenters. The van der Waals surface area contributed by atoms with E-state index in [2.05, 4.69) is 25.1 Å². The summed E-state index contributed by atoms with van der Waals surface area (Å²) in [6.07, 6.45) is 1.85. The summed E-state index contributed by atoms with van der Waals surface area (Å²) < 4.78 is 0. The first kappa shape index (κ1) is 12.9. The molecule has 17 heavy (non-hydrogen) atoms. The van der Waals surface area contributed by atoms with Crippen molar-refractivity contribution in [1.82, 2.24) is 0 Å². The number of ketones is 1. The van der Waals surface area contributed by atoms with Gasteiger partial charge in [-0.05, 0) is 28.8 Å². The molecular formula is C15H13OY-. The molecule has 0 N–H and O–H groups in total. The van der Waals surface area contributed by atoms with Crippen LogP contribution in [0.1, 0.15) is 22.3 Å². The molecule has 0 aliphatic heterocycles. The molecule has 0 saturated heterocycles. The summed E-state index contributed by atoms with van der Waals surface area (Å²) in [4.78, 5) is 12.0. The number of carbonyl (C=O) groups is 1. The van der Waals surface area contributed by atoms with Crippen molar-refractivity contribution in [2.45, 2.75) is 12.8 Å². The van der Waals surface area contributed by atoms with Gasteiger partial charge >= 0.3 is 0 Å². The number of Topliss-reactive ketones (excluding diaryl/α,β-unsaturated/α-hetero) is 1. The Hall–Kier alpha value is -0.526. The van der Waals surface area contributed by atoms with Gasteiger partial charge in [-0.1, -0.05) is 36.8 Å². The number of carbonyl (C=O) groups excluding carboxylic acids is 1. The van der Waals surface area contributed by atoms with Gasteiger partial charge in [0.15, 0.2) is 0 Å². The number of aryl methyl sites for hydroxylation is 1. The molecule has 0 spiro atoms. The zero-order valence-electron chi connectivity index (χ0n) is 9.65. The Kier molecular flexibility index (Phi) is 3.80. The minimum Gasteiger partial charge on any atom is -0.333 e. The minimum absolute atomic E-state index is 0. The molecule has 83 valence electrons. The first-order valence-electron chi connectivity index (χ1n) is 5.64. The van der Waals surface area contributed by atoms with E-state index in [4.69, 9.17) is 0 Å². The number of fused-ring (bicyclic) bond motifs is 2. The zero-order valence-corrected chi connectivity index (χ0v) is 12.5. The molecule has 1 atom stereocenters. The van der Waals surface area contributed by atoms with E-state index in [1.54, 1.807) is 0 Å². The number of benzene rings is 2. The van der Waals surface area contributed by atoms with E-state index in [9.17, 15) is 4.79 Å². The van der Waals surface area contributed by atoms with E-state index in [1.807, 2.05) is 18.2 Å². The van der Waals surface area contributed by atoms with E-state index in [0.717, 1.165) is 23.8 Å². The third-order valence-corrected chi connectivity index (χ3v) is 3.37. The molecular weight excluding hydrogens is 285 g/mol. The minimum atomic E-state index is -0.0614. The summed E-state index contributed by atoms with van der Waals surface area (Å²) in [6.45, 7) is 3.91. The third-order valence-electron chi connectivity index (χ3n) is 3.37. The van der Waals surface area contributed by atoms with E-state index >= 15 is 0 Å². The molecule has 1 nitrogen and oxygen atoms in total. The first-order valence-corrected chi connectivity index (χ1v) is 5.64. The summed E-state index contributed by atoms with van der Waals surface area (Å²) in [5.41, 5.74) is 2.06. The van der Waals surface area contributed by atoms with Crippen molar-refractivity contribution in [3.05, 3.63) is 54.4 Å². The fourth-order valence-electron chi connectivity index (χ4n) is 2.40. The maximum atomic E-state index is 12.0. The normalized spacial score (nSPS) is 18.6. The summed E-state index contributed by atoms with van der Waals surface area (Å²) in [6, 6.07) is 12.3. The van der Waals surface area contributed by atoms with Gasteiger partial charge in [0.1, 0.15) is 5.78 Å². The van der Waals surface area contributed by atoms with Crippen LogP contribution in [0.15, 0.2) is 36.4 Å². The van der Waals surface area contributed by atoms with Crippen LogP contribution in [0, 0.1) is 12.8 Å². The predicted molar refractivity (Wildman–Crippen MR) is 65.4 cm³/mol. The van der Waals surface area contributed by atoms with Crippen LogP contribution in [0.25, 0.3) is 10.8 Å². The van der Waals surface area contributed by atoms with Gasteiger partial charge in [-0.2, -0.15) is 0 Å². The smallest absolute Gasteiger partial charge is 0.136 e. The van der Waals surface area contributed by atoms with Crippen molar-refractivity contribution in [3.63, 3.8) is 0 Å². The number of hydrogen-bond donors (Lipinski definition) is 0. The Labute approximate surface area is 126 Å². The van der Waals surface area contributed by atoms with Gasteiger partial charge in [0, 0.05) is 38.3 Å². The summed E-state index contributed by atoms with van der Waals surface area (Å²) in [7, 11) is 0. The van der Waals surface area contributed by atoms with Gasteiger partial charge in [-0.3, -0.25) is 4.79 Å². The van der Waals surface area contributed by atoms with Gasteiger partial charge in [0.05, 0.1) is 0 Å². The molecule has 3 rings (SSSR count). The van der Waals surface area contributed by atoms with Crippen LogP contribution in [0.2, 0.25) is 0 Å². The van der Waals surface area contributed by atoms with E-state index in [1.165, 1.54) is 10.9 Å². The molecule has 1 aliphatic carbocycles. The molecule has 0 bridgehead atoms. The fraction of sp³-hybridized carbons (Fsp3) is 0.200. The maximum Gasteiger partial charge on any atom is 0.136 e. The van der Waals surface area contributed by atoms with Crippen LogP contribution < -0.4 is 0 Å². The Morgan fingerprint density at radius 1 is 1.12 bits per heavy atom. The Balaban J connectivity index is 0.00000108. The van der Waals surface area contributed by atoms with Gasteiger partial charge < -0.3 is 6.92 Å². The fourth-order valence-corrected chi connectivity index (χ4v) is 2.40. The Bertz CT molecular complexity index is 574. The number of hydrogen-bond acceptors (Lipinski definition) is 1. The topological polar surface area (TPSA) is 17.1 Å². The van der Waals surface area contributed by atoms with Gasteiger partial charge in [-0.25, -0.2) is 0 Å². The molecule has 1 aliphatic rings. The van der Waals surface area contributed by atoms with E-state index < -0.39 is 0 Å². The monoisotopic (exact) mass is 298 g/mol. The molecule has 0 heterocycles. The Morgan fingerprint density at radius 3 is 2.47 bits per heavy atom. The summed E-state index contributed by atoms with van der Waals surface area (Å²) in [5.74, 6) is 0.140. The van der Waals surface area contributed by atoms with Gasteiger partial charge in [0.2, 0.25) is 0 Å². The Morgan fingerprint density at radius 2 is 1.76 bits per heavy atom. The summed E-state index contributed by atoms with van der Waals surface area (Å²) >= 11 is 0. The van der Waals surface area contributed by atoms with Crippen LogP contribution >= 0.6 is 0 Å². The van der Waals surface area contributed by atoms with Crippen LogP contribution in [0.3, 0.4) is 0 Å². The second-order valence-corrected chi connectivity index (χ2v) is 4.46. The SMILES string of the molecule is [CH2-]C1CCc2cc3ccccc3cc2C1=O.[Y]. The van der Waals surface area contributed by atoms with Crippen molar-refractivity contribution in [1.29, 1.82) is 0 Å². The zero-order chi connectivity index (χ0) is 11.1. The van der Waals surface area contributed by atoms with E-state index in [0.29, 0.717) is 0 Å². The van der Waals surface area contributed by atoms with Crippen LogP contribution in [-0.4, -0.2) is 5.78 Å². The van der Waals surface area contributed by atoms with Gasteiger partial charge in [-0.15, -0.1) is 5.92 Å². The maximum absolute atomic E-state index is 12.0. The first-order chi connectivity index (χ1) is 7.75. The summed E-state index contributed by atoms with van der Waals surface area (Å²) in [5, 5.41) is 2.36. The molecule has 2 aromatic rings. The van der Waals surface area contributed by atoms with Crippen LogP contribution in [-0.2, 0) is 39.1 Å². The van der Waals surface area contributed by atoms with Crippen molar-refractivity contribution in [3.8, 4) is 0 Å². The molecule has 0 aromatic heterocycles. The second kappa shape index (κ2) is 5.00. The van der Waals surface area contributed by atoms with Crippen molar-refractivity contribution in [2.24, 2.45) is 5.92 Å².